The van der Waals surface area contributed by atoms with Crippen LogP contribution < -0.4 is 0 Å². The molecule has 0 saturated carbocycles. The summed E-state index contributed by atoms with van der Waals surface area (Å²) in [4.78, 5) is 0. The maximum Gasteiger partial charge on any atom is 0.0406 e. The SMILES string of the molecule is C(=C=C1c2ccccc2-c2ccccc21)=C(c1ccccc1)c1ccccc1. The third-order valence-corrected chi connectivity index (χ3v) is 5.12. The molecule has 4 aromatic rings. The van der Waals surface area contributed by atoms with Gasteiger partial charge in [-0.3, -0.25) is 0 Å². The number of hydrogen-bond donors (Lipinski definition) is 0. The van der Waals surface area contributed by atoms with Crippen molar-refractivity contribution in [2.45, 2.75) is 0 Å². The van der Waals surface area contributed by atoms with Gasteiger partial charge in [0, 0.05) is 11.1 Å². The van der Waals surface area contributed by atoms with Crippen molar-refractivity contribution in [3.63, 3.8) is 0 Å². The first-order valence-corrected chi connectivity index (χ1v) is 9.48. The zero-order valence-corrected chi connectivity index (χ0v) is 15.4. The lowest BCUT2D eigenvalue weighted by atomic mass is 9.98. The predicted molar refractivity (Wildman–Crippen MR) is 117 cm³/mol. The maximum absolute atomic E-state index is 3.52. The van der Waals surface area contributed by atoms with E-state index in [9.17, 15) is 0 Å². The van der Waals surface area contributed by atoms with Crippen LogP contribution in [0, 0.1) is 0 Å². The van der Waals surface area contributed by atoms with Crippen LogP contribution in [0.3, 0.4) is 0 Å². The summed E-state index contributed by atoms with van der Waals surface area (Å²) in [5.74, 6) is 0. The minimum atomic E-state index is 1.05. The Kier molecular flexibility index (Phi) is 4.13. The van der Waals surface area contributed by atoms with Gasteiger partial charge in [-0.2, -0.15) is 0 Å². The van der Waals surface area contributed by atoms with Crippen molar-refractivity contribution in [2.75, 3.05) is 0 Å². The van der Waals surface area contributed by atoms with Gasteiger partial charge in [-0.25, -0.2) is 0 Å². The Morgan fingerprint density at radius 1 is 0.429 bits per heavy atom. The molecule has 0 nitrogen and oxygen atoms in total. The van der Waals surface area contributed by atoms with E-state index in [1.807, 2.05) is 12.1 Å². The van der Waals surface area contributed by atoms with E-state index < -0.39 is 0 Å². The Bertz CT molecular complexity index is 1150. The number of benzene rings is 4. The number of hydrogen-bond acceptors (Lipinski definition) is 0. The van der Waals surface area contributed by atoms with Gasteiger partial charge in [0.2, 0.25) is 0 Å². The molecule has 5 rings (SSSR count). The van der Waals surface area contributed by atoms with Crippen molar-refractivity contribution in [1.82, 2.24) is 0 Å². The molecule has 0 aromatic heterocycles. The van der Waals surface area contributed by atoms with Gasteiger partial charge in [-0.1, -0.05) is 121 Å². The fourth-order valence-electron chi connectivity index (χ4n) is 3.80. The molecule has 0 spiro atoms. The molecule has 0 unspecified atom stereocenters. The molecule has 0 fully saturated rings. The molecule has 1 aliphatic carbocycles. The van der Waals surface area contributed by atoms with E-state index in [4.69, 9.17) is 0 Å². The number of rotatable bonds is 2. The second-order valence-corrected chi connectivity index (χ2v) is 6.82. The molecule has 0 N–H and O–H groups in total. The summed E-state index contributed by atoms with van der Waals surface area (Å²) in [5.41, 5.74) is 16.4. The summed E-state index contributed by atoms with van der Waals surface area (Å²) in [7, 11) is 0. The highest BCUT2D eigenvalue weighted by atomic mass is 14.2. The highest BCUT2D eigenvalue weighted by Crippen LogP contribution is 2.43. The summed E-state index contributed by atoms with van der Waals surface area (Å²) in [6, 6.07) is 37.9. The van der Waals surface area contributed by atoms with Crippen LogP contribution >= 0.6 is 0 Å². The average molecular weight is 354 g/mol. The molecule has 0 heteroatoms. The Morgan fingerprint density at radius 3 is 1.29 bits per heavy atom. The first kappa shape index (κ1) is 16.4. The predicted octanol–water partition coefficient (Wildman–Crippen LogP) is 6.98. The van der Waals surface area contributed by atoms with Gasteiger partial charge in [0.15, 0.2) is 0 Å². The molecule has 1 aliphatic rings. The van der Waals surface area contributed by atoms with Gasteiger partial charge >= 0.3 is 0 Å². The normalized spacial score (nSPS) is 11.2. The van der Waals surface area contributed by atoms with Gasteiger partial charge in [0.05, 0.1) is 0 Å². The quantitative estimate of drug-likeness (QED) is 0.300. The van der Waals surface area contributed by atoms with E-state index in [1.165, 1.54) is 22.3 Å². The molecule has 0 bridgehead atoms. The van der Waals surface area contributed by atoms with Gasteiger partial charge in [0.1, 0.15) is 0 Å². The summed E-state index contributed by atoms with van der Waals surface area (Å²) in [6.45, 7) is 0. The van der Waals surface area contributed by atoms with Crippen molar-refractivity contribution in [1.29, 1.82) is 0 Å². The lowest BCUT2D eigenvalue weighted by molar-refractivity contribution is 1.55. The molecule has 4 aromatic carbocycles. The first-order chi connectivity index (χ1) is 13.9. The van der Waals surface area contributed by atoms with Crippen LogP contribution in [0.15, 0.2) is 121 Å². The zero-order chi connectivity index (χ0) is 18.8. The Hall–Kier alpha value is -3.82. The summed E-state index contributed by atoms with van der Waals surface area (Å²) >= 11 is 0. The third kappa shape index (κ3) is 2.84. The molecule has 28 heavy (non-hydrogen) atoms. The molecule has 0 saturated heterocycles. The standard InChI is InChI=1S/C28H18/c1-3-11-21(12-4-1)23(22-13-5-2-6-14-22)19-20-28-26-17-9-7-15-24(26)25-16-8-10-18-27(25)28/h1-18H. The van der Waals surface area contributed by atoms with Crippen LogP contribution in [-0.4, -0.2) is 0 Å². The van der Waals surface area contributed by atoms with Crippen molar-refractivity contribution >= 4 is 11.1 Å². The lowest BCUT2D eigenvalue weighted by Crippen LogP contribution is -1.85. The Labute approximate surface area is 165 Å². The molecule has 0 amide bonds. The molecular formula is C28H18. The van der Waals surface area contributed by atoms with Crippen LogP contribution in [0.1, 0.15) is 22.3 Å². The van der Waals surface area contributed by atoms with E-state index in [0.717, 1.165) is 22.3 Å². The van der Waals surface area contributed by atoms with Crippen molar-refractivity contribution in [2.24, 2.45) is 0 Å². The smallest absolute Gasteiger partial charge is 0.0406 e. The second-order valence-electron chi connectivity index (χ2n) is 6.82. The summed E-state index contributed by atoms with van der Waals surface area (Å²) < 4.78 is 0. The van der Waals surface area contributed by atoms with E-state index in [-0.39, 0.29) is 0 Å². The van der Waals surface area contributed by atoms with Gasteiger partial charge < -0.3 is 0 Å². The van der Waals surface area contributed by atoms with Gasteiger partial charge in [-0.15, -0.1) is 0 Å². The van der Waals surface area contributed by atoms with Crippen LogP contribution in [0.2, 0.25) is 0 Å². The van der Waals surface area contributed by atoms with Crippen LogP contribution in [-0.2, 0) is 0 Å². The Balaban J connectivity index is 1.83. The monoisotopic (exact) mass is 354 g/mol. The van der Waals surface area contributed by atoms with Crippen molar-refractivity contribution in [3.05, 3.63) is 143 Å². The molecule has 0 radical (unpaired) electrons. The van der Waals surface area contributed by atoms with Gasteiger partial charge in [0.25, 0.3) is 0 Å². The highest BCUT2D eigenvalue weighted by molar-refractivity contribution is 6.01. The van der Waals surface area contributed by atoms with Crippen LogP contribution in [0.25, 0.3) is 22.3 Å². The fraction of sp³-hybridized carbons (Fsp3) is 0. The highest BCUT2D eigenvalue weighted by Gasteiger charge is 2.22. The molecule has 0 atom stereocenters. The zero-order valence-electron chi connectivity index (χ0n) is 15.4. The summed E-state index contributed by atoms with van der Waals surface area (Å²) in [5, 5.41) is 0. The number of fused-ring (bicyclic) bond motifs is 3. The second kappa shape index (κ2) is 7.06. The Morgan fingerprint density at radius 2 is 0.821 bits per heavy atom. The minimum Gasteiger partial charge on any atom is -0.0622 e. The van der Waals surface area contributed by atoms with E-state index in [0.29, 0.717) is 0 Å². The van der Waals surface area contributed by atoms with Gasteiger partial charge in [-0.05, 0) is 33.4 Å². The van der Waals surface area contributed by atoms with Crippen LogP contribution in [0.4, 0.5) is 0 Å². The summed E-state index contributed by atoms with van der Waals surface area (Å²) in [6.07, 6.45) is 0. The fourth-order valence-corrected chi connectivity index (χ4v) is 3.80. The first-order valence-electron chi connectivity index (χ1n) is 9.48. The van der Waals surface area contributed by atoms with E-state index in [2.05, 4.69) is 109 Å². The van der Waals surface area contributed by atoms with Crippen molar-refractivity contribution in [3.8, 4) is 11.1 Å². The maximum atomic E-state index is 3.52. The molecular weight excluding hydrogens is 336 g/mol. The lowest BCUT2D eigenvalue weighted by Gasteiger charge is -2.04. The topological polar surface area (TPSA) is 0 Å². The third-order valence-electron chi connectivity index (χ3n) is 5.12. The van der Waals surface area contributed by atoms with E-state index >= 15 is 0 Å². The van der Waals surface area contributed by atoms with Crippen molar-refractivity contribution < 1.29 is 0 Å². The average Bonchev–Trinajstić information content (AvgIpc) is 3.10. The molecule has 130 valence electrons. The van der Waals surface area contributed by atoms with E-state index in [1.54, 1.807) is 0 Å². The largest absolute Gasteiger partial charge is 0.0622 e. The molecule has 0 aliphatic heterocycles. The minimum absolute atomic E-state index is 1.05. The molecule has 0 heterocycles. The van der Waals surface area contributed by atoms with Crippen LogP contribution in [0.5, 0.6) is 0 Å².